The number of benzene rings is 1. The van der Waals surface area contributed by atoms with Gasteiger partial charge in [0.2, 0.25) is 0 Å². The first-order valence-electron chi connectivity index (χ1n) is 7.85. The van der Waals surface area contributed by atoms with Crippen molar-refractivity contribution in [3.8, 4) is 5.75 Å². The molecule has 0 saturated heterocycles. The Morgan fingerprint density at radius 3 is 2.70 bits per heavy atom. The van der Waals surface area contributed by atoms with Crippen molar-refractivity contribution in [3.05, 3.63) is 29.3 Å². The van der Waals surface area contributed by atoms with Crippen molar-refractivity contribution in [2.75, 3.05) is 32.2 Å². The van der Waals surface area contributed by atoms with Gasteiger partial charge in [-0.3, -0.25) is 0 Å². The van der Waals surface area contributed by atoms with Gasteiger partial charge in [0.1, 0.15) is 5.75 Å². The normalized spacial score (nSPS) is 10.9. The van der Waals surface area contributed by atoms with E-state index >= 15 is 0 Å². The van der Waals surface area contributed by atoms with Gasteiger partial charge in [0.25, 0.3) is 0 Å². The van der Waals surface area contributed by atoms with Gasteiger partial charge in [0.05, 0.1) is 13.7 Å². The van der Waals surface area contributed by atoms with E-state index in [1.54, 1.807) is 7.11 Å². The molecule has 23 heavy (non-hydrogen) atoms. The number of ether oxygens (including phenoxy) is 1. The van der Waals surface area contributed by atoms with E-state index in [0.717, 1.165) is 35.9 Å². The van der Waals surface area contributed by atoms with E-state index in [-0.39, 0.29) is 24.0 Å². The van der Waals surface area contributed by atoms with Crippen molar-refractivity contribution in [2.24, 2.45) is 4.99 Å². The first-order valence-corrected chi connectivity index (χ1v) is 9.25. The van der Waals surface area contributed by atoms with Crippen LogP contribution in [0, 0.1) is 6.92 Å². The van der Waals surface area contributed by atoms with E-state index in [4.69, 9.17) is 4.74 Å². The molecule has 0 fully saturated rings. The fraction of sp³-hybridized carbons (Fsp3) is 0.588. The van der Waals surface area contributed by atoms with E-state index in [9.17, 15) is 0 Å². The molecule has 0 aliphatic rings. The number of aliphatic imine (C=N–C) groups is 1. The number of rotatable bonds is 9. The van der Waals surface area contributed by atoms with E-state index in [1.165, 1.54) is 18.6 Å². The first kappa shape index (κ1) is 22.4. The molecule has 6 heteroatoms. The van der Waals surface area contributed by atoms with Gasteiger partial charge in [-0.1, -0.05) is 12.1 Å². The van der Waals surface area contributed by atoms with Crippen molar-refractivity contribution in [1.82, 2.24) is 10.6 Å². The number of nitrogens with zero attached hydrogens (tertiary/aromatic N) is 1. The number of guanidine groups is 1. The predicted octanol–water partition coefficient (Wildman–Crippen LogP) is 3.82. The van der Waals surface area contributed by atoms with Crippen molar-refractivity contribution in [1.29, 1.82) is 0 Å². The molecule has 0 amide bonds. The highest BCUT2D eigenvalue weighted by Gasteiger charge is 2.01. The van der Waals surface area contributed by atoms with Gasteiger partial charge in [-0.2, -0.15) is 11.8 Å². The largest absolute Gasteiger partial charge is 0.496 e. The summed E-state index contributed by atoms with van der Waals surface area (Å²) in [6.45, 7) is 6.61. The highest BCUT2D eigenvalue weighted by atomic mass is 127. The Balaban J connectivity index is 0.00000484. The Morgan fingerprint density at radius 1 is 1.26 bits per heavy atom. The van der Waals surface area contributed by atoms with Gasteiger partial charge in [-0.25, -0.2) is 4.99 Å². The fourth-order valence-electron chi connectivity index (χ4n) is 2.05. The summed E-state index contributed by atoms with van der Waals surface area (Å²) < 4.78 is 5.36. The molecule has 0 aliphatic heterocycles. The summed E-state index contributed by atoms with van der Waals surface area (Å²) >= 11 is 1.90. The molecule has 0 atom stereocenters. The number of halogens is 1. The van der Waals surface area contributed by atoms with Crippen LogP contribution in [-0.2, 0) is 6.54 Å². The molecular formula is C17H30IN3OS. The monoisotopic (exact) mass is 451 g/mol. The average molecular weight is 451 g/mol. The molecule has 0 aromatic heterocycles. The molecule has 0 bridgehead atoms. The van der Waals surface area contributed by atoms with Crippen LogP contribution in [0.1, 0.15) is 30.9 Å². The van der Waals surface area contributed by atoms with Crippen LogP contribution in [-0.4, -0.2) is 38.2 Å². The molecule has 0 spiro atoms. The maximum atomic E-state index is 5.36. The first-order chi connectivity index (χ1) is 10.7. The summed E-state index contributed by atoms with van der Waals surface area (Å²) in [6.07, 6.45) is 4.56. The van der Waals surface area contributed by atoms with Crippen LogP contribution in [0.15, 0.2) is 23.2 Å². The minimum absolute atomic E-state index is 0. The number of aryl methyl sites for hydroxylation is 1. The summed E-state index contributed by atoms with van der Waals surface area (Å²) in [5.74, 6) is 3.02. The molecule has 0 saturated carbocycles. The van der Waals surface area contributed by atoms with Gasteiger partial charge < -0.3 is 15.4 Å². The van der Waals surface area contributed by atoms with Gasteiger partial charge in [0, 0.05) is 13.1 Å². The Labute approximate surface area is 162 Å². The fourth-order valence-corrected chi connectivity index (χ4v) is 2.55. The van der Waals surface area contributed by atoms with Crippen molar-refractivity contribution >= 4 is 41.7 Å². The smallest absolute Gasteiger partial charge is 0.191 e. The Hall–Kier alpha value is -0.630. The predicted molar refractivity (Wildman–Crippen MR) is 114 cm³/mol. The quantitative estimate of drug-likeness (QED) is 0.259. The van der Waals surface area contributed by atoms with Gasteiger partial charge >= 0.3 is 0 Å². The number of unbranched alkanes of at least 4 members (excludes halogenated alkanes) is 1. The third-order valence-electron chi connectivity index (χ3n) is 3.30. The molecule has 2 N–H and O–H groups in total. The highest BCUT2D eigenvalue weighted by molar-refractivity contribution is 14.0. The second-order valence-electron chi connectivity index (χ2n) is 5.13. The maximum Gasteiger partial charge on any atom is 0.191 e. The Bertz CT molecular complexity index is 469. The van der Waals surface area contributed by atoms with Gasteiger partial charge in [-0.15, -0.1) is 24.0 Å². The number of hydrogen-bond acceptors (Lipinski definition) is 3. The van der Waals surface area contributed by atoms with Crippen LogP contribution in [0.25, 0.3) is 0 Å². The highest BCUT2D eigenvalue weighted by Crippen LogP contribution is 2.19. The summed E-state index contributed by atoms with van der Waals surface area (Å²) in [5.41, 5.74) is 2.30. The van der Waals surface area contributed by atoms with Crippen LogP contribution >= 0.6 is 35.7 Å². The Morgan fingerprint density at radius 2 is 2.04 bits per heavy atom. The van der Waals surface area contributed by atoms with E-state index in [0.29, 0.717) is 6.54 Å². The second kappa shape index (κ2) is 13.8. The zero-order chi connectivity index (χ0) is 16.2. The molecule has 1 rings (SSSR count). The van der Waals surface area contributed by atoms with Crippen LogP contribution in [0.4, 0.5) is 0 Å². The average Bonchev–Trinajstić information content (AvgIpc) is 2.53. The zero-order valence-corrected chi connectivity index (χ0v) is 17.8. The second-order valence-corrected chi connectivity index (χ2v) is 6.11. The van der Waals surface area contributed by atoms with Crippen LogP contribution in [0.3, 0.4) is 0 Å². The minimum Gasteiger partial charge on any atom is -0.496 e. The standard InChI is InChI=1S/C17H29N3OS.HI/c1-5-18-17(19-10-6-7-11-22-4)20-13-15-9-8-14(2)16(12-15)21-3;/h8-9,12H,5-7,10-11,13H2,1-4H3,(H2,18,19,20);1H. The number of thioether (sulfide) groups is 1. The van der Waals surface area contributed by atoms with Crippen LogP contribution in [0.5, 0.6) is 5.75 Å². The van der Waals surface area contributed by atoms with Crippen molar-refractivity contribution < 1.29 is 4.74 Å². The molecule has 1 aromatic rings. The third kappa shape index (κ3) is 9.30. The van der Waals surface area contributed by atoms with E-state index in [1.807, 2.05) is 18.7 Å². The lowest BCUT2D eigenvalue weighted by molar-refractivity contribution is 0.411. The summed E-state index contributed by atoms with van der Waals surface area (Å²) in [5, 5.41) is 6.67. The minimum atomic E-state index is 0. The third-order valence-corrected chi connectivity index (χ3v) is 4.00. The van der Waals surface area contributed by atoms with Crippen molar-refractivity contribution in [3.63, 3.8) is 0 Å². The number of nitrogens with one attached hydrogen (secondary N) is 2. The SMILES string of the molecule is CCNC(=NCc1ccc(C)c(OC)c1)NCCCCSC.I. The lowest BCUT2D eigenvalue weighted by Crippen LogP contribution is -2.37. The zero-order valence-electron chi connectivity index (χ0n) is 14.6. The molecule has 4 nitrogen and oxygen atoms in total. The molecule has 0 unspecified atom stereocenters. The lowest BCUT2D eigenvalue weighted by Gasteiger charge is -2.11. The molecule has 0 aliphatic carbocycles. The summed E-state index contributed by atoms with van der Waals surface area (Å²) in [4.78, 5) is 4.64. The van der Waals surface area contributed by atoms with Gasteiger partial charge in [-0.05, 0) is 55.9 Å². The molecule has 0 heterocycles. The molecular weight excluding hydrogens is 421 g/mol. The summed E-state index contributed by atoms with van der Waals surface area (Å²) in [7, 11) is 1.70. The number of methoxy groups -OCH3 is 1. The van der Waals surface area contributed by atoms with E-state index in [2.05, 4.69) is 47.0 Å². The Kier molecular flexibility index (Phi) is 13.4. The molecule has 0 radical (unpaired) electrons. The molecule has 1 aromatic carbocycles. The van der Waals surface area contributed by atoms with Crippen molar-refractivity contribution in [2.45, 2.75) is 33.2 Å². The number of hydrogen-bond donors (Lipinski definition) is 2. The van der Waals surface area contributed by atoms with Crippen LogP contribution < -0.4 is 15.4 Å². The van der Waals surface area contributed by atoms with Crippen LogP contribution in [0.2, 0.25) is 0 Å². The molecule has 132 valence electrons. The summed E-state index contributed by atoms with van der Waals surface area (Å²) in [6, 6.07) is 6.23. The maximum absolute atomic E-state index is 5.36. The van der Waals surface area contributed by atoms with Gasteiger partial charge in [0.15, 0.2) is 5.96 Å². The lowest BCUT2D eigenvalue weighted by atomic mass is 10.1. The van der Waals surface area contributed by atoms with E-state index < -0.39 is 0 Å². The topological polar surface area (TPSA) is 45.7 Å².